The number of rotatable bonds is 6. The number of nitrogens with zero attached hydrogens (tertiary/aromatic N) is 2. The summed E-state index contributed by atoms with van der Waals surface area (Å²) in [4.78, 5) is 14.3. The lowest BCUT2D eigenvalue weighted by molar-refractivity contribution is 0.0782. The Bertz CT molecular complexity index is 654. The van der Waals surface area contributed by atoms with E-state index in [9.17, 15) is 4.79 Å². The van der Waals surface area contributed by atoms with Crippen LogP contribution in [-0.2, 0) is 0 Å². The van der Waals surface area contributed by atoms with Crippen LogP contribution in [0.4, 0.5) is 0 Å². The molecule has 124 valence electrons. The van der Waals surface area contributed by atoms with Crippen LogP contribution in [-0.4, -0.2) is 40.6 Å². The van der Waals surface area contributed by atoms with Gasteiger partial charge >= 0.3 is 0 Å². The fourth-order valence-electron chi connectivity index (χ4n) is 2.23. The van der Waals surface area contributed by atoms with Crippen molar-refractivity contribution in [3.63, 3.8) is 0 Å². The minimum absolute atomic E-state index is 0.0929. The highest BCUT2D eigenvalue weighted by Crippen LogP contribution is 2.29. The molecule has 1 aromatic carbocycles. The number of hydrogen-bond acceptors (Lipinski definition) is 3. The van der Waals surface area contributed by atoms with Crippen LogP contribution in [0.3, 0.4) is 0 Å². The highest BCUT2D eigenvalue weighted by atomic mass is 79.9. The van der Waals surface area contributed by atoms with E-state index in [1.807, 2.05) is 30.3 Å². The lowest BCUT2D eigenvalue weighted by Crippen LogP contribution is -2.34. The van der Waals surface area contributed by atoms with Gasteiger partial charge in [-0.2, -0.15) is 5.10 Å². The van der Waals surface area contributed by atoms with Gasteiger partial charge in [-0.1, -0.05) is 44.2 Å². The lowest BCUT2D eigenvalue weighted by Gasteiger charge is -2.21. The number of hydrogen-bond donors (Lipinski definition) is 2. The standard InChI is InChI=1S/C17H23BrN4O/c1-11(2)13(19)9-10-22(3)17(23)16-14(18)15(20-21-16)12-7-5-4-6-8-12/h4-8,11,13H,9-10,19H2,1-3H3,(H,20,21). The van der Waals surface area contributed by atoms with Crippen molar-refractivity contribution in [1.29, 1.82) is 0 Å². The van der Waals surface area contributed by atoms with Crippen molar-refractivity contribution in [1.82, 2.24) is 15.1 Å². The van der Waals surface area contributed by atoms with E-state index >= 15 is 0 Å². The van der Waals surface area contributed by atoms with E-state index in [0.717, 1.165) is 17.7 Å². The Kier molecular flexibility index (Phi) is 5.96. The van der Waals surface area contributed by atoms with Gasteiger partial charge in [-0.05, 0) is 28.3 Å². The van der Waals surface area contributed by atoms with E-state index in [-0.39, 0.29) is 11.9 Å². The summed E-state index contributed by atoms with van der Waals surface area (Å²) < 4.78 is 0.689. The third kappa shape index (κ3) is 4.20. The first-order valence-electron chi connectivity index (χ1n) is 7.72. The van der Waals surface area contributed by atoms with Gasteiger partial charge in [0.2, 0.25) is 0 Å². The smallest absolute Gasteiger partial charge is 0.272 e. The van der Waals surface area contributed by atoms with Gasteiger partial charge in [-0.15, -0.1) is 0 Å². The van der Waals surface area contributed by atoms with E-state index in [0.29, 0.717) is 22.6 Å². The van der Waals surface area contributed by atoms with Crippen molar-refractivity contribution < 1.29 is 4.79 Å². The summed E-state index contributed by atoms with van der Waals surface area (Å²) in [6, 6.07) is 9.84. The van der Waals surface area contributed by atoms with Gasteiger partial charge in [-0.25, -0.2) is 0 Å². The third-order valence-electron chi connectivity index (χ3n) is 3.97. The van der Waals surface area contributed by atoms with Gasteiger partial charge in [-0.3, -0.25) is 9.89 Å². The Labute approximate surface area is 145 Å². The van der Waals surface area contributed by atoms with Crippen LogP contribution < -0.4 is 5.73 Å². The van der Waals surface area contributed by atoms with Crippen LogP contribution in [0.15, 0.2) is 34.8 Å². The largest absolute Gasteiger partial charge is 0.340 e. The van der Waals surface area contributed by atoms with Crippen LogP contribution >= 0.6 is 15.9 Å². The topological polar surface area (TPSA) is 75.0 Å². The van der Waals surface area contributed by atoms with Gasteiger partial charge < -0.3 is 10.6 Å². The molecule has 1 atom stereocenters. The third-order valence-corrected chi connectivity index (χ3v) is 4.74. The molecular formula is C17H23BrN4O. The van der Waals surface area contributed by atoms with Gasteiger partial charge in [0, 0.05) is 25.2 Å². The Morgan fingerprint density at radius 1 is 1.35 bits per heavy atom. The van der Waals surface area contributed by atoms with Crippen LogP contribution in [0.2, 0.25) is 0 Å². The van der Waals surface area contributed by atoms with E-state index in [2.05, 4.69) is 40.0 Å². The molecule has 1 amide bonds. The molecule has 1 heterocycles. The molecule has 0 bridgehead atoms. The zero-order valence-corrected chi connectivity index (χ0v) is 15.3. The lowest BCUT2D eigenvalue weighted by atomic mass is 10.0. The molecule has 3 N–H and O–H groups in total. The molecule has 1 aromatic heterocycles. The number of aromatic nitrogens is 2. The first kappa shape index (κ1) is 17.7. The Balaban J connectivity index is 2.10. The average Bonchev–Trinajstić information content (AvgIpc) is 2.93. The number of H-pyrrole nitrogens is 1. The van der Waals surface area contributed by atoms with Crippen LogP contribution in [0.1, 0.15) is 30.8 Å². The molecule has 1 unspecified atom stereocenters. The summed E-state index contributed by atoms with van der Waals surface area (Å²) in [6.45, 7) is 4.79. The molecule has 0 saturated heterocycles. The number of nitrogens with two attached hydrogens (primary N) is 1. The number of aromatic amines is 1. The molecule has 5 nitrogen and oxygen atoms in total. The summed E-state index contributed by atoms with van der Waals surface area (Å²) >= 11 is 3.49. The molecule has 23 heavy (non-hydrogen) atoms. The monoisotopic (exact) mass is 378 g/mol. The predicted octanol–water partition coefficient (Wildman–Crippen LogP) is 3.28. The highest BCUT2D eigenvalue weighted by molar-refractivity contribution is 9.10. The van der Waals surface area contributed by atoms with Gasteiger partial charge in [0.05, 0.1) is 4.47 Å². The number of carbonyl (C=O) groups excluding carboxylic acids is 1. The number of carbonyl (C=O) groups is 1. The molecule has 2 rings (SSSR count). The normalized spacial score (nSPS) is 12.4. The maximum absolute atomic E-state index is 12.6. The molecule has 0 fully saturated rings. The van der Waals surface area contributed by atoms with Crippen molar-refractivity contribution in [2.24, 2.45) is 11.7 Å². The maximum Gasteiger partial charge on any atom is 0.272 e. The summed E-state index contributed by atoms with van der Waals surface area (Å²) in [5, 5.41) is 7.11. The summed E-state index contributed by atoms with van der Waals surface area (Å²) in [5.41, 5.74) is 8.20. The molecule has 0 aliphatic carbocycles. The molecule has 2 aromatic rings. The molecule has 6 heteroatoms. The summed E-state index contributed by atoms with van der Waals surface area (Å²) in [5.74, 6) is 0.310. The second-order valence-electron chi connectivity index (χ2n) is 6.05. The van der Waals surface area contributed by atoms with Gasteiger partial charge in [0.15, 0.2) is 0 Å². The van der Waals surface area contributed by atoms with Crippen molar-refractivity contribution in [2.45, 2.75) is 26.3 Å². The van der Waals surface area contributed by atoms with Crippen molar-refractivity contribution in [3.8, 4) is 11.3 Å². The Hall–Kier alpha value is -1.66. The molecule has 0 radical (unpaired) electrons. The van der Waals surface area contributed by atoms with E-state index in [1.165, 1.54) is 0 Å². The second kappa shape index (κ2) is 7.75. The SMILES string of the molecule is CC(C)C(N)CCN(C)C(=O)c1[nH]nc(-c2ccccc2)c1Br. The summed E-state index contributed by atoms with van der Waals surface area (Å²) in [6.07, 6.45) is 0.775. The fraction of sp³-hybridized carbons (Fsp3) is 0.412. The molecule has 0 aliphatic heterocycles. The van der Waals surface area contributed by atoms with Crippen LogP contribution in [0.25, 0.3) is 11.3 Å². The molecule has 0 saturated carbocycles. The minimum Gasteiger partial charge on any atom is -0.340 e. The number of amides is 1. The van der Waals surface area contributed by atoms with Crippen LogP contribution in [0.5, 0.6) is 0 Å². The minimum atomic E-state index is -0.0949. The number of halogens is 1. The Morgan fingerprint density at radius 3 is 2.61 bits per heavy atom. The van der Waals surface area contributed by atoms with E-state index in [4.69, 9.17) is 5.73 Å². The Morgan fingerprint density at radius 2 is 2.00 bits per heavy atom. The summed E-state index contributed by atoms with van der Waals surface area (Å²) in [7, 11) is 1.78. The zero-order valence-electron chi connectivity index (χ0n) is 13.7. The number of benzene rings is 1. The predicted molar refractivity (Wildman–Crippen MR) is 96.1 cm³/mol. The van der Waals surface area contributed by atoms with Gasteiger partial charge in [0.1, 0.15) is 11.4 Å². The van der Waals surface area contributed by atoms with E-state index in [1.54, 1.807) is 11.9 Å². The highest BCUT2D eigenvalue weighted by Gasteiger charge is 2.21. The van der Waals surface area contributed by atoms with Crippen molar-refractivity contribution in [2.75, 3.05) is 13.6 Å². The first-order chi connectivity index (χ1) is 10.9. The average molecular weight is 379 g/mol. The quantitative estimate of drug-likeness (QED) is 0.809. The van der Waals surface area contributed by atoms with E-state index < -0.39 is 0 Å². The maximum atomic E-state index is 12.6. The second-order valence-corrected chi connectivity index (χ2v) is 6.84. The molecule has 0 aliphatic rings. The van der Waals surface area contributed by atoms with Crippen LogP contribution in [0, 0.1) is 5.92 Å². The molecular weight excluding hydrogens is 356 g/mol. The van der Waals surface area contributed by atoms with Crippen molar-refractivity contribution in [3.05, 3.63) is 40.5 Å². The fourth-order valence-corrected chi connectivity index (χ4v) is 2.80. The first-order valence-corrected chi connectivity index (χ1v) is 8.51. The molecule has 0 spiro atoms. The van der Waals surface area contributed by atoms with Gasteiger partial charge in [0.25, 0.3) is 5.91 Å². The zero-order chi connectivity index (χ0) is 17.0. The number of nitrogens with one attached hydrogen (secondary N) is 1. The van der Waals surface area contributed by atoms with Crippen molar-refractivity contribution >= 4 is 21.8 Å².